The molecule has 154 valence electrons. The molecule has 1 atom stereocenters. The first-order valence-electron chi connectivity index (χ1n) is 9.19. The van der Waals surface area contributed by atoms with E-state index in [1.807, 2.05) is 0 Å². The number of anilines is 1. The number of aromatic nitrogens is 1. The molecule has 0 aliphatic carbocycles. The fourth-order valence-electron chi connectivity index (χ4n) is 3.91. The van der Waals surface area contributed by atoms with E-state index in [1.54, 1.807) is 34.9 Å². The number of fused-ring (bicyclic) bond motifs is 1. The Morgan fingerprint density at radius 1 is 1.20 bits per heavy atom. The van der Waals surface area contributed by atoms with Crippen molar-refractivity contribution in [2.75, 3.05) is 19.5 Å². The maximum atomic E-state index is 13.9. The third-order valence-corrected chi connectivity index (χ3v) is 5.15. The molecule has 1 aliphatic rings. The topological polar surface area (TPSA) is 89.8 Å². The molecule has 0 spiro atoms. The molecule has 1 amide bonds. The predicted octanol–water partition coefficient (Wildman–Crippen LogP) is 3.81. The number of amides is 1. The molecule has 0 bridgehead atoms. The molecule has 2 heterocycles. The van der Waals surface area contributed by atoms with Gasteiger partial charge < -0.3 is 24.5 Å². The van der Waals surface area contributed by atoms with Gasteiger partial charge in [0.05, 0.1) is 25.6 Å². The van der Waals surface area contributed by atoms with E-state index in [4.69, 9.17) is 9.47 Å². The number of carboxylic acids is 1. The van der Waals surface area contributed by atoms with Crippen LogP contribution in [0.2, 0.25) is 0 Å². The molecule has 7 nitrogen and oxygen atoms in total. The lowest BCUT2D eigenvalue weighted by Crippen LogP contribution is -2.26. The molecule has 0 saturated heterocycles. The Bertz CT molecular complexity index is 1150. The van der Waals surface area contributed by atoms with E-state index in [0.29, 0.717) is 28.4 Å². The first kappa shape index (κ1) is 19.5. The summed E-state index contributed by atoms with van der Waals surface area (Å²) in [7, 11) is 3.01. The number of carboxylic acid groups (broad SMARTS) is 1. The Labute approximate surface area is 171 Å². The summed E-state index contributed by atoms with van der Waals surface area (Å²) >= 11 is 0. The van der Waals surface area contributed by atoms with E-state index in [-0.39, 0.29) is 23.6 Å². The van der Waals surface area contributed by atoms with Gasteiger partial charge in [-0.25, -0.2) is 9.18 Å². The molecule has 2 N–H and O–H groups in total. The van der Waals surface area contributed by atoms with Crippen LogP contribution in [0.4, 0.5) is 10.1 Å². The van der Waals surface area contributed by atoms with Gasteiger partial charge in [-0.1, -0.05) is 18.2 Å². The van der Waals surface area contributed by atoms with E-state index >= 15 is 0 Å². The Balaban J connectivity index is 2.01. The summed E-state index contributed by atoms with van der Waals surface area (Å²) < 4.78 is 26.4. The highest BCUT2D eigenvalue weighted by atomic mass is 19.1. The highest BCUT2D eigenvalue weighted by Crippen LogP contribution is 2.46. The van der Waals surface area contributed by atoms with Crippen molar-refractivity contribution in [3.63, 3.8) is 0 Å². The van der Waals surface area contributed by atoms with Crippen LogP contribution in [0.15, 0.2) is 48.7 Å². The van der Waals surface area contributed by atoms with Crippen molar-refractivity contribution in [1.82, 2.24) is 4.57 Å². The average molecular weight is 410 g/mol. The van der Waals surface area contributed by atoms with Crippen LogP contribution in [0.1, 0.15) is 34.0 Å². The van der Waals surface area contributed by atoms with Gasteiger partial charge in [0.25, 0.3) is 0 Å². The van der Waals surface area contributed by atoms with Gasteiger partial charge in [-0.2, -0.15) is 0 Å². The van der Waals surface area contributed by atoms with Gasteiger partial charge in [0.2, 0.25) is 5.91 Å². The molecule has 0 saturated carbocycles. The van der Waals surface area contributed by atoms with Crippen LogP contribution in [0.25, 0.3) is 5.69 Å². The third-order valence-electron chi connectivity index (χ3n) is 5.15. The lowest BCUT2D eigenvalue weighted by Gasteiger charge is -2.27. The molecule has 0 unspecified atom stereocenters. The van der Waals surface area contributed by atoms with Crippen LogP contribution in [-0.4, -0.2) is 35.8 Å². The monoisotopic (exact) mass is 410 g/mol. The second kappa shape index (κ2) is 7.55. The van der Waals surface area contributed by atoms with Crippen molar-refractivity contribution in [2.24, 2.45) is 0 Å². The highest BCUT2D eigenvalue weighted by Gasteiger charge is 2.36. The first-order chi connectivity index (χ1) is 14.4. The maximum Gasteiger partial charge on any atom is 0.339 e. The van der Waals surface area contributed by atoms with Crippen LogP contribution in [0.5, 0.6) is 11.5 Å². The van der Waals surface area contributed by atoms with Gasteiger partial charge in [0.15, 0.2) is 11.5 Å². The Morgan fingerprint density at radius 3 is 2.63 bits per heavy atom. The minimum Gasteiger partial charge on any atom is -0.493 e. The molecule has 1 aliphatic heterocycles. The molecular formula is C22H19FN2O5. The van der Waals surface area contributed by atoms with Crippen LogP contribution in [-0.2, 0) is 4.79 Å². The molecule has 30 heavy (non-hydrogen) atoms. The summed E-state index contributed by atoms with van der Waals surface area (Å²) in [6.45, 7) is 0. The quantitative estimate of drug-likeness (QED) is 0.668. The highest BCUT2D eigenvalue weighted by molar-refractivity contribution is 6.04. The fraction of sp³-hybridized carbons (Fsp3) is 0.182. The number of aromatic carboxylic acids is 1. The summed E-state index contributed by atoms with van der Waals surface area (Å²) in [6.07, 6.45) is 1.46. The molecule has 3 aromatic rings. The molecule has 0 radical (unpaired) electrons. The van der Waals surface area contributed by atoms with Crippen molar-refractivity contribution in [3.05, 3.63) is 71.3 Å². The zero-order valence-corrected chi connectivity index (χ0v) is 16.3. The molecule has 1 aromatic heterocycles. The van der Waals surface area contributed by atoms with Crippen molar-refractivity contribution in [1.29, 1.82) is 0 Å². The normalized spacial score (nSPS) is 15.3. The number of para-hydroxylation sites is 1. The van der Waals surface area contributed by atoms with E-state index < -0.39 is 17.7 Å². The van der Waals surface area contributed by atoms with Gasteiger partial charge in [0, 0.05) is 29.8 Å². The zero-order chi connectivity index (χ0) is 21.4. The number of hydrogen-bond donors (Lipinski definition) is 2. The molecule has 8 heteroatoms. The number of carbonyl (C=O) groups is 2. The van der Waals surface area contributed by atoms with Gasteiger partial charge >= 0.3 is 5.97 Å². The number of carbonyl (C=O) groups excluding carboxylic acids is 1. The second-order valence-electron chi connectivity index (χ2n) is 6.85. The number of benzene rings is 2. The van der Waals surface area contributed by atoms with E-state index in [0.717, 1.165) is 0 Å². The Kier molecular flexibility index (Phi) is 4.91. The smallest absolute Gasteiger partial charge is 0.339 e. The van der Waals surface area contributed by atoms with Gasteiger partial charge in [-0.05, 0) is 24.3 Å². The summed E-state index contributed by atoms with van der Waals surface area (Å²) in [5.41, 5.74) is 1.76. The molecule has 0 fully saturated rings. The summed E-state index contributed by atoms with van der Waals surface area (Å²) in [4.78, 5) is 24.4. The van der Waals surface area contributed by atoms with Gasteiger partial charge in [-0.15, -0.1) is 0 Å². The maximum absolute atomic E-state index is 13.9. The van der Waals surface area contributed by atoms with Crippen LogP contribution in [0.3, 0.4) is 0 Å². The summed E-state index contributed by atoms with van der Waals surface area (Å²) in [5, 5.41) is 12.4. The lowest BCUT2D eigenvalue weighted by molar-refractivity contribution is -0.116. The lowest BCUT2D eigenvalue weighted by atomic mass is 9.87. The predicted molar refractivity (Wildman–Crippen MR) is 107 cm³/mol. The minimum atomic E-state index is -1.19. The Morgan fingerprint density at radius 2 is 1.97 bits per heavy atom. The minimum absolute atomic E-state index is 0.0644. The fourth-order valence-corrected chi connectivity index (χ4v) is 3.91. The number of nitrogens with one attached hydrogen (secondary N) is 1. The van der Waals surface area contributed by atoms with Crippen molar-refractivity contribution in [2.45, 2.75) is 12.3 Å². The zero-order valence-electron chi connectivity index (χ0n) is 16.3. The Hall–Kier alpha value is -3.81. The summed E-state index contributed by atoms with van der Waals surface area (Å²) in [5.74, 6) is -1.56. The molecule has 2 aromatic carbocycles. The SMILES string of the molecule is COc1cccc([C@H]2CC(=O)Nc3c(C(=O)O)cn(-c4cccc(F)c4)c32)c1OC. The number of nitrogens with zero attached hydrogens (tertiary/aromatic N) is 1. The van der Waals surface area contributed by atoms with Crippen LogP contribution >= 0.6 is 0 Å². The largest absolute Gasteiger partial charge is 0.493 e. The number of rotatable bonds is 5. The van der Waals surface area contributed by atoms with Crippen LogP contribution in [0, 0.1) is 5.82 Å². The van der Waals surface area contributed by atoms with E-state index in [9.17, 15) is 19.1 Å². The number of methoxy groups -OCH3 is 2. The van der Waals surface area contributed by atoms with E-state index in [1.165, 1.54) is 32.5 Å². The second-order valence-corrected chi connectivity index (χ2v) is 6.85. The standard InChI is InChI=1S/C22H19FN2O5/c1-29-17-8-4-7-14(21(17)30-2)15-10-18(26)24-19-16(22(27)28)11-25(20(15)19)13-6-3-5-12(23)9-13/h3-9,11,15H,10H2,1-2H3,(H,24,26)(H,27,28)/t15-/m1/s1. The third kappa shape index (κ3) is 3.16. The van der Waals surface area contributed by atoms with Crippen LogP contribution < -0.4 is 14.8 Å². The van der Waals surface area contributed by atoms with Gasteiger partial charge in [0.1, 0.15) is 11.4 Å². The van der Waals surface area contributed by atoms with Crippen molar-refractivity contribution < 1.29 is 28.6 Å². The average Bonchev–Trinajstić information content (AvgIpc) is 3.12. The molecule has 4 rings (SSSR count). The number of halogens is 1. The summed E-state index contributed by atoms with van der Waals surface area (Å²) in [6, 6.07) is 11.1. The van der Waals surface area contributed by atoms with E-state index in [2.05, 4.69) is 5.32 Å². The molecular weight excluding hydrogens is 391 g/mol. The van der Waals surface area contributed by atoms with Crippen molar-refractivity contribution >= 4 is 17.6 Å². The number of hydrogen-bond acceptors (Lipinski definition) is 4. The van der Waals surface area contributed by atoms with Gasteiger partial charge in [-0.3, -0.25) is 4.79 Å². The first-order valence-corrected chi connectivity index (χ1v) is 9.19. The van der Waals surface area contributed by atoms with Crippen molar-refractivity contribution in [3.8, 4) is 17.2 Å². The number of ether oxygens (including phenoxy) is 2.